The molecule has 0 saturated carbocycles. The topological polar surface area (TPSA) is 131 Å². The Hall–Kier alpha value is -6.79. The van der Waals surface area contributed by atoms with Crippen LogP contribution in [0.25, 0.3) is 44.8 Å². The van der Waals surface area contributed by atoms with Crippen LogP contribution < -0.4 is 20.3 Å². The molecule has 0 aliphatic carbocycles. The zero-order valence-corrected chi connectivity index (χ0v) is 38.2. The van der Waals surface area contributed by atoms with Crippen LogP contribution in [0.4, 0.5) is 5.69 Å². The third kappa shape index (κ3) is 10.0. The molecule has 1 aliphatic rings. The van der Waals surface area contributed by atoms with Crippen molar-refractivity contribution in [3.8, 4) is 28.5 Å². The number of anilines is 1. The smallest absolute Gasteiger partial charge is 0.220 e. The number of aromatic amines is 2. The second kappa shape index (κ2) is 20.2. The fourth-order valence-electron chi connectivity index (χ4n) is 8.81. The van der Waals surface area contributed by atoms with Gasteiger partial charge in [-0.1, -0.05) is 102 Å². The summed E-state index contributed by atoms with van der Waals surface area (Å²) in [5.74, 6) is 2.02. The summed E-state index contributed by atoms with van der Waals surface area (Å²) in [6, 6.07) is 47.0. The third-order valence-electron chi connectivity index (χ3n) is 12.5. The minimum atomic E-state index is -0.736. The zero-order valence-electron chi connectivity index (χ0n) is 37.4. The summed E-state index contributed by atoms with van der Waals surface area (Å²) in [5, 5.41) is 7.26. The van der Waals surface area contributed by atoms with E-state index in [1.165, 1.54) is 5.69 Å². The lowest BCUT2D eigenvalue weighted by Crippen LogP contribution is -2.45. The molecule has 12 heteroatoms. The van der Waals surface area contributed by atoms with E-state index in [4.69, 9.17) is 26.3 Å². The van der Waals surface area contributed by atoms with Crippen molar-refractivity contribution >= 4 is 51.0 Å². The first kappa shape index (κ1) is 44.4. The maximum Gasteiger partial charge on any atom is 0.220 e. The molecule has 11 nitrogen and oxygen atoms in total. The van der Waals surface area contributed by atoms with Crippen molar-refractivity contribution in [1.29, 1.82) is 0 Å². The summed E-state index contributed by atoms with van der Waals surface area (Å²) in [5.41, 5.74) is 10.3. The Labute approximate surface area is 390 Å². The van der Waals surface area contributed by atoms with E-state index in [1.54, 1.807) is 0 Å². The van der Waals surface area contributed by atoms with Crippen LogP contribution in [0.2, 0.25) is 5.02 Å². The van der Waals surface area contributed by atoms with E-state index in [-0.39, 0.29) is 24.7 Å². The number of likely N-dealkylation sites (N-methyl/N-ethyl adjacent to an activating group) is 1. The normalized spacial score (nSPS) is 14.1. The molecular formula is C54H55ClN8O3. The van der Waals surface area contributed by atoms with Crippen LogP contribution in [-0.2, 0) is 15.1 Å². The Kier molecular flexibility index (Phi) is 13.6. The predicted molar refractivity (Wildman–Crippen MR) is 265 cm³/mol. The van der Waals surface area contributed by atoms with Crippen molar-refractivity contribution in [2.24, 2.45) is 0 Å². The van der Waals surface area contributed by atoms with Gasteiger partial charge in [0.2, 0.25) is 5.91 Å². The number of amides is 1. The highest BCUT2D eigenvalue weighted by Crippen LogP contribution is 2.40. The molecule has 9 rings (SSSR count). The fraction of sp³-hybridized carbons (Fsp3) is 0.259. The van der Waals surface area contributed by atoms with Gasteiger partial charge in [0.25, 0.3) is 0 Å². The Morgan fingerprint density at radius 3 is 2.15 bits per heavy atom. The number of aryl methyl sites for hydroxylation is 1. The molecule has 1 atom stereocenters. The number of fused-ring (bicyclic) bond motifs is 2. The number of benzene rings is 6. The van der Waals surface area contributed by atoms with Gasteiger partial charge in [0.1, 0.15) is 17.4 Å². The second-order valence-electron chi connectivity index (χ2n) is 17.2. The molecule has 0 spiro atoms. The van der Waals surface area contributed by atoms with E-state index in [2.05, 4.69) is 111 Å². The number of piperazine rings is 1. The highest BCUT2D eigenvalue weighted by molar-refractivity contribution is 6.31. The number of carbonyl (C=O) groups excluding carboxylic acids is 2. The van der Waals surface area contributed by atoms with Crippen LogP contribution >= 0.6 is 11.6 Å². The van der Waals surface area contributed by atoms with Gasteiger partial charge in [0.15, 0.2) is 5.78 Å². The van der Waals surface area contributed by atoms with E-state index in [9.17, 15) is 9.59 Å². The minimum Gasteiger partial charge on any atom is -0.494 e. The molecule has 3 heterocycles. The number of ketones is 1. The summed E-state index contributed by atoms with van der Waals surface area (Å²) in [6.07, 6.45) is 1.66. The van der Waals surface area contributed by atoms with Gasteiger partial charge in [-0.05, 0) is 105 Å². The molecule has 1 saturated heterocycles. The summed E-state index contributed by atoms with van der Waals surface area (Å²) in [6.45, 7) is 7.11. The molecule has 8 aromatic rings. The maximum absolute atomic E-state index is 13.0. The first-order chi connectivity index (χ1) is 32.2. The Bertz CT molecular complexity index is 2940. The minimum absolute atomic E-state index is 0.0106. The molecule has 336 valence electrons. The van der Waals surface area contributed by atoms with E-state index in [0.29, 0.717) is 43.2 Å². The first-order valence-corrected chi connectivity index (χ1v) is 23.2. The quantitative estimate of drug-likeness (QED) is 0.0495. The van der Waals surface area contributed by atoms with Crippen molar-refractivity contribution < 1.29 is 14.3 Å². The SMILES string of the molecule is Cc1ccc(C(NCCCC(=O)CNC(=O)CCCOc2cccc(-c3nc4ccc(-c5nc6ccc(N7CCN(C)CC7)cc6[nH]5)cc4[nH]3)c2)(c2ccccc2)c2ccccc2Cl)cc1. The number of hydrogen-bond donors (Lipinski definition) is 4. The Morgan fingerprint density at radius 2 is 1.39 bits per heavy atom. The standard InChI is InChI=1S/C54H55ClN8O3/c1-37-19-22-41(23-20-37)54(40-12-4-3-5-13-40,45-16-6-7-17-46(45)55)57-27-9-14-43(64)36-56-51(65)18-10-32-66-44-15-8-11-38(33-44)52-58-47-25-21-39(34-49(47)60-52)53-59-48-26-24-42(35-50(48)61-53)63-30-28-62(2)29-31-63/h3-8,11-13,15-17,19-26,33-35,57H,9-10,14,18,27-32,36H2,1-2H3,(H,56,65)(H,58,60)(H,59,61). The van der Waals surface area contributed by atoms with Gasteiger partial charge in [-0.15, -0.1) is 0 Å². The van der Waals surface area contributed by atoms with Gasteiger partial charge in [-0.25, -0.2) is 9.97 Å². The first-order valence-electron chi connectivity index (χ1n) is 22.8. The molecule has 2 aromatic heterocycles. The third-order valence-corrected chi connectivity index (χ3v) is 12.8. The Balaban J connectivity index is 0.743. The highest BCUT2D eigenvalue weighted by Gasteiger charge is 2.37. The van der Waals surface area contributed by atoms with Gasteiger partial charge in [0.05, 0.1) is 40.8 Å². The van der Waals surface area contributed by atoms with E-state index < -0.39 is 5.54 Å². The number of ether oxygens (including phenoxy) is 1. The summed E-state index contributed by atoms with van der Waals surface area (Å²) < 4.78 is 6.06. The molecule has 1 fully saturated rings. The summed E-state index contributed by atoms with van der Waals surface area (Å²) >= 11 is 6.89. The number of H-pyrrole nitrogens is 2. The molecule has 66 heavy (non-hydrogen) atoms. The Morgan fingerprint density at radius 1 is 0.712 bits per heavy atom. The van der Waals surface area contributed by atoms with E-state index in [0.717, 1.165) is 93.3 Å². The molecule has 1 amide bonds. The van der Waals surface area contributed by atoms with Crippen LogP contribution in [0.5, 0.6) is 5.75 Å². The van der Waals surface area contributed by atoms with Gasteiger partial charge < -0.3 is 29.8 Å². The number of aromatic nitrogens is 4. The molecular weight excluding hydrogens is 844 g/mol. The monoisotopic (exact) mass is 898 g/mol. The van der Waals surface area contributed by atoms with Gasteiger partial charge in [0, 0.05) is 60.9 Å². The molecule has 4 N–H and O–H groups in total. The van der Waals surface area contributed by atoms with Crippen molar-refractivity contribution in [2.45, 2.75) is 38.1 Å². The number of carbonyl (C=O) groups is 2. The zero-order chi connectivity index (χ0) is 45.5. The van der Waals surface area contributed by atoms with E-state index in [1.807, 2.05) is 72.8 Å². The number of hydrogen-bond acceptors (Lipinski definition) is 8. The van der Waals surface area contributed by atoms with Crippen molar-refractivity contribution in [2.75, 3.05) is 57.8 Å². The second-order valence-corrected chi connectivity index (χ2v) is 17.6. The molecule has 0 radical (unpaired) electrons. The van der Waals surface area contributed by atoms with Crippen molar-refractivity contribution in [3.63, 3.8) is 0 Å². The molecule has 6 aromatic carbocycles. The van der Waals surface area contributed by atoms with Crippen LogP contribution in [0.3, 0.4) is 0 Å². The van der Waals surface area contributed by atoms with Crippen LogP contribution in [-0.4, -0.2) is 89.4 Å². The number of rotatable bonds is 18. The molecule has 1 aliphatic heterocycles. The molecule has 0 bridgehead atoms. The average Bonchev–Trinajstić information content (AvgIpc) is 3.98. The predicted octanol–water partition coefficient (Wildman–Crippen LogP) is 9.69. The molecule has 1 unspecified atom stereocenters. The van der Waals surface area contributed by atoms with E-state index >= 15 is 0 Å². The maximum atomic E-state index is 13.0. The largest absolute Gasteiger partial charge is 0.494 e. The average molecular weight is 900 g/mol. The lowest BCUT2D eigenvalue weighted by molar-refractivity contribution is -0.125. The number of imidazole rings is 2. The fourth-order valence-corrected chi connectivity index (χ4v) is 9.09. The van der Waals surface area contributed by atoms with Crippen LogP contribution in [0.1, 0.15) is 47.9 Å². The van der Waals surface area contributed by atoms with Crippen LogP contribution in [0, 0.1) is 6.92 Å². The number of halogens is 1. The number of Topliss-reactive ketones (excluding diaryl/α,β-unsaturated/α-hetero) is 1. The lowest BCUT2D eigenvalue weighted by atomic mass is 9.76. The van der Waals surface area contributed by atoms with Crippen molar-refractivity contribution in [3.05, 3.63) is 167 Å². The summed E-state index contributed by atoms with van der Waals surface area (Å²) in [7, 11) is 2.17. The number of nitrogens with one attached hydrogen (secondary N) is 4. The highest BCUT2D eigenvalue weighted by atomic mass is 35.5. The van der Waals surface area contributed by atoms with Gasteiger partial charge >= 0.3 is 0 Å². The van der Waals surface area contributed by atoms with Gasteiger partial charge in [-0.3, -0.25) is 14.9 Å². The lowest BCUT2D eigenvalue weighted by Gasteiger charge is -2.38. The van der Waals surface area contributed by atoms with Gasteiger partial charge in [-0.2, -0.15) is 0 Å². The number of nitrogens with zero attached hydrogens (tertiary/aromatic N) is 4. The van der Waals surface area contributed by atoms with Crippen molar-refractivity contribution in [1.82, 2.24) is 35.5 Å². The van der Waals surface area contributed by atoms with Crippen LogP contribution in [0.15, 0.2) is 140 Å². The summed E-state index contributed by atoms with van der Waals surface area (Å²) in [4.78, 5) is 47.3.